The molecule has 0 aromatic rings. The Bertz CT molecular complexity index is 1990. The fraction of sp³-hybridized carbons (Fsp3) is 0.900. The Kier molecular flexibility index (Phi) is 70.7. The summed E-state index contributed by atoms with van der Waals surface area (Å²) in [6, 6.07) is 0. The molecule has 0 radical (unpaired) electrons. The molecular weight excluding hydrogens is 1290 g/mol. The van der Waals surface area contributed by atoms with E-state index in [0.29, 0.717) is 25.7 Å². The average Bonchev–Trinajstić information content (AvgIpc) is 1.09. The van der Waals surface area contributed by atoms with Gasteiger partial charge >= 0.3 is 39.5 Å². The van der Waals surface area contributed by atoms with Gasteiger partial charge in [-0.05, 0) is 57.3 Å². The number of aliphatic hydroxyl groups excluding tert-OH is 1. The van der Waals surface area contributed by atoms with E-state index in [0.717, 1.165) is 121 Å². The predicted molar refractivity (Wildman–Crippen MR) is 404 cm³/mol. The number of aliphatic hydroxyl groups is 1. The number of phosphoric ester groups is 2. The number of hydrogen-bond acceptors (Lipinski definition) is 15. The van der Waals surface area contributed by atoms with Crippen LogP contribution in [0.2, 0.25) is 0 Å². The maximum atomic E-state index is 13.1. The molecule has 6 atom stereocenters. The van der Waals surface area contributed by atoms with Gasteiger partial charge in [-0.15, -0.1) is 0 Å². The van der Waals surface area contributed by atoms with Gasteiger partial charge < -0.3 is 33.8 Å². The molecule has 0 amide bonds. The second-order valence-electron chi connectivity index (χ2n) is 28.4. The Morgan fingerprint density at radius 1 is 0.323 bits per heavy atom. The molecule has 99 heavy (non-hydrogen) atoms. The summed E-state index contributed by atoms with van der Waals surface area (Å²) in [7, 11) is -9.93. The van der Waals surface area contributed by atoms with Crippen molar-refractivity contribution in [2.24, 2.45) is 5.92 Å². The number of unbranched alkanes of at least 4 members (excludes halogenated alkanes) is 46. The summed E-state index contributed by atoms with van der Waals surface area (Å²) in [5, 5.41) is 10.6. The van der Waals surface area contributed by atoms with Crippen LogP contribution in [0.25, 0.3) is 0 Å². The van der Waals surface area contributed by atoms with Gasteiger partial charge in [0.1, 0.15) is 19.3 Å². The van der Waals surface area contributed by atoms with Gasteiger partial charge in [0, 0.05) is 25.7 Å². The van der Waals surface area contributed by atoms with Crippen molar-refractivity contribution in [1.82, 2.24) is 0 Å². The molecule has 3 unspecified atom stereocenters. The molecule has 0 heterocycles. The smallest absolute Gasteiger partial charge is 0.462 e. The lowest BCUT2D eigenvalue weighted by Gasteiger charge is -2.21. The van der Waals surface area contributed by atoms with Gasteiger partial charge in [0.15, 0.2) is 12.2 Å². The number of hydrogen-bond donors (Lipinski definition) is 3. The second-order valence-corrected chi connectivity index (χ2v) is 31.3. The van der Waals surface area contributed by atoms with Crippen LogP contribution in [-0.2, 0) is 65.4 Å². The second kappa shape index (κ2) is 72.5. The number of rotatable bonds is 78. The Balaban J connectivity index is 5.26. The van der Waals surface area contributed by atoms with E-state index >= 15 is 0 Å². The molecule has 17 nitrogen and oxygen atoms in total. The highest BCUT2D eigenvalue weighted by Crippen LogP contribution is 2.45. The molecule has 0 fully saturated rings. The van der Waals surface area contributed by atoms with E-state index in [1.807, 2.05) is 0 Å². The molecule has 0 aliphatic carbocycles. The third kappa shape index (κ3) is 72.3. The molecule has 0 aliphatic heterocycles. The van der Waals surface area contributed by atoms with Crippen molar-refractivity contribution in [3.05, 3.63) is 24.3 Å². The maximum absolute atomic E-state index is 13.1. The highest BCUT2D eigenvalue weighted by Gasteiger charge is 2.30. The number of ether oxygens (including phenoxy) is 4. The molecule has 0 bridgehead atoms. The molecule has 0 aromatic carbocycles. The molecule has 0 saturated carbocycles. The first-order valence-corrected chi connectivity index (χ1v) is 44.0. The summed E-state index contributed by atoms with van der Waals surface area (Å²) in [5.41, 5.74) is 0. The minimum absolute atomic E-state index is 0.102. The lowest BCUT2D eigenvalue weighted by molar-refractivity contribution is -0.161. The molecule has 0 rings (SSSR count). The third-order valence-electron chi connectivity index (χ3n) is 18.5. The standard InChI is InChI=1S/C80H152O17P2/c1-6-10-13-16-19-22-25-28-31-32-33-34-35-37-40-43-46-49-56-61-66-79(84)96-75(69-90-77(82)63-58-53-47-44-41-39-36-29-26-23-20-17-14-11-7-2)71-94-98(86,87)92-67-74(81)68-93-99(88,89)95-72-76(70-91-78(83)64-59-54-51-50-52-57-62-73(5)9-4)97-80(85)65-60-55-48-45-42-38-30-27-24-21-18-15-12-8-3/h23,26,29,36,73-76,81H,6-22,24-25,27-28,30-35,37-72H2,1-5H3,(H,86,87)(H,88,89)/b26-23-,36-29-/t73?,74-,75-,76-/m1/s1. The van der Waals surface area contributed by atoms with E-state index in [2.05, 4.69) is 58.9 Å². The number of allylic oxidation sites excluding steroid dienone is 4. The van der Waals surface area contributed by atoms with Crippen molar-refractivity contribution < 1.29 is 80.2 Å². The van der Waals surface area contributed by atoms with E-state index in [9.17, 15) is 43.2 Å². The van der Waals surface area contributed by atoms with Gasteiger partial charge in [-0.1, -0.05) is 348 Å². The molecule has 3 N–H and O–H groups in total. The number of esters is 4. The normalized spacial score (nSPS) is 14.3. The quantitative estimate of drug-likeness (QED) is 0.0169. The molecule has 0 spiro atoms. The molecule has 584 valence electrons. The summed E-state index contributed by atoms with van der Waals surface area (Å²) in [4.78, 5) is 72.9. The topological polar surface area (TPSA) is 237 Å². The van der Waals surface area contributed by atoms with Crippen LogP contribution in [0.15, 0.2) is 24.3 Å². The minimum atomic E-state index is -4.97. The molecule has 0 aliphatic rings. The van der Waals surface area contributed by atoms with Crippen molar-refractivity contribution in [2.45, 2.75) is 419 Å². The summed E-state index contributed by atoms with van der Waals surface area (Å²) in [6.45, 7) is 7.21. The van der Waals surface area contributed by atoms with Crippen LogP contribution in [0.5, 0.6) is 0 Å². The van der Waals surface area contributed by atoms with Crippen LogP contribution in [0.1, 0.15) is 401 Å². The number of phosphoric acid groups is 2. The van der Waals surface area contributed by atoms with E-state index < -0.39 is 97.5 Å². The van der Waals surface area contributed by atoms with E-state index in [4.69, 9.17) is 37.0 Å². The zero-order valence-electron chi connectivity index (χ0n) is 64.1. The largest absolute Gasteiger partial charge is 0.472 e. The van der Waals surface area contributed by atoms with Gasteiger partial charge in [0.2, 0.25) is 0 Å². The van der Waals surface area contributed by atoms with Crippen molar-refractivity contribution in [1.29, 1.82) is 0 Å². The number of carbonyl (C=O) groups is 4. The monoisotopic (exact) mass is 1450 g/mol. The minimum Gasteiger partial charge on any atom is -0.462 e. The summed E-state index contributed by atoms with van der Waals surface area (Å²) >= 11 is 0. The SMILES string of the molecule is CCCCCC/C=C\C=C/CCCCCCCC(=O)OC[C@H](COP(=O)(O)OC[C@@H](O)COP(=O)(O)OC[C@@H](COC(=O)CCCCCCCCC(C)CC)OC(=O)CCCCCCCCCCCCCCCC)OC(=O)CCCCCCCCCCCCCCCCCCCCCC. The first-order chi connectivity index (χ1) is 48.1. The van der Waals surface area contributed by atoms with Crippen LogP contribution in [0.4, 0.5) is 0 Å². The molecule has 19 heteroatoms. The van der Waals surface area contributed by atoms with Crippen LogP contribution in [0, 0.1) is 5.92 Å². The van der Waals surface area contributed by atoms with Crippen molar-refractivity contribution in [3.63, 3.8) is 0 Å². The Morgan fingerprint density at radius 3 is 0.859 bits per heavy atom. The van der Waals surface area contributed by atoms with E-state index in [1.165, 1.54) is 199 Å². The zero-order valence-corrected chi connectivity index (χ0v) is 65.9. The van der Waals surface area contributed by atoms with Gasteiger partial charge in [-0.25, -0.2) is 9.13 Å². The van der Waals surface area contributed by atoms with Crippen LogP contribution >= 0.6 is 15.6 Å². The molecule has 0 saturated heterocycles. The van der Waals surface area contributed by atoms with E-state index in [-0.39, 0.29) is 25.7 Å². The van der Waals surface area contributed by atoms with Gasteiger partial charge in [-0.2, -0.15) is 0 Å². The molecule has 0 aromatic heterocycles. The Hall–Kier alpha value is -2.46. The van der Waals surface area contributed by atoms with Gasteiger partial charge in [0.25, 0.3) is 0 Å². The fourth-order valence-electron chi connectivity index (χ4n) is 11.8. The highest BCUT2D eigenvalue weighted by molar-refractivity contribution is 7.47. The highest BCUT2D eigenvalue weighted by atomic mass is 31.2. The van der Waals surface area contributed by atoms with Crippen molar-refractivity contribution in [2.75, 3.05) is 39.6 Å². The average molecular weight is 1450 g/mol. The van der Waals surface area contributed by atoms with Crippen molar-refractivity contribution in [3.8, 4) is 0 Å². The lowest BCUT2D eigenvalue weighted by atomic mass is 10.00. The third-order valence-corrected chi connectivity index (χ3v) is 20.4. The first kappa shape index (κ1) is 96.5. The fourth-order valence-corrected chi connectivity index (χ4v) is 13.4. The van der Waals surface area contributed by atoms with Crippen LogP contribution in [-0.4, -0.2) is 96.7 Å². The Labute approximate surface area is 605 Å². The number of carbonyl (C=O) groups excluding carboxylic acids is 4. The zero-order chi connectivity index (χ0) is 72.7. The summed E-state index contributed by atoms with van der Waals surface area (Å²) in [5.74, 6) is -1.41. The van der Waals surface area contributed by atoms with Crippen LogP contribution < -0.4 is 0 Å². The predicted octanol–water partition coefficient (Wildman–Crippen LogP) is 23.6. The lowest BCUT2D eigenvalue weighted by Crippen LogP contribution is -2.30. The Morgan fingerprint density at radius 2 is 0.566 bits per heavy atom. The van der Waals surface area contributed by atoms with Crippen molar-refractivity contribution >= 4 is 39.5 Å². The molecular formula is C80H152O17P2. The maximum Gasteiger partial charge on any atom is 0.472 e. The van der Waals surface area contributed by atoms with Gasteiger partial charge in [0.05, 0.1) is 26.4 Å². The first-order valence-electron chi connectivity index (χ1n) is 41.0. The van der Waals surface area contributed by atoms with Gasteiger partial charge in [-0.3, -0.25) is 37.3 Å². The van der Waals surface area contributed by atoms with Crippen LogP contribution in [0.3, 0.4) is 0 Å². The summed E-state index contributed by atoms with van der Waals surface area (Å²) < 4.78 is 68.6. The summed E-state index contributed by atoms with van der Waals surface area (Å²) in [6.07, 6.45) is 66.1. The van der Waals surface area contributed by atoms with E-state index in [1.54, 1.807) is 0 Å².